The fourth-order valence-electron chi connectivity index (χ4n) is 4.29. The zero-order valence-corrected chi connectivity index (χ0v) is 19.4. The maximum absolute atomic E-state index is 14.6. The van der Waals surface area contributed by atoms with E-state index in [0.717, 1.165) is 0 Å². The summed E-state index contributed by atoms with van der Waals surface area (Å²) < 4.78 is 48.2. The number of carbonyl (C=O) groups is 1. The molecule has 1 fully saturated rings. The maximum Gasteiger partial charge on any atom is 0.240 e. The average Bonchev–Trinajstić information content (AvgIpc) is 3.16. The molecule has 3 aromatic rings. The van der Waals surface area contributed by atoms with E-state index in [1.807, 2.05) is 0 Å². The fourth-order valence-corrected chi connectivity index (χ4v) is 5.85. The van der Waals surface area contributed by atoms with Crippen molar-refractivity contribution in [1.82, 2.24) is 9.88 Å². The highest BCUT2D eigenvalue weighted by atomic mass is 35.5. The van der Waals surface area contributed by atoms with Crippen molar-refractivity contribution in [2.24, 2.45) is 0 Å². The van der Waals surface area contributed by atoms with E-state index in [9.17, 15) is 17.6 Å². The molecular weight excluding hydrogens is 469 g/mol. The van der Waals surface area contributed by atoms with Gasteiger partial charge >= 0.3 is 0 Å². The number of nitrogens with zero attached hydrogens (tertiary/aromatic N) is 2. The molecule has 0 bridgehead atoms. The summed E-state index contributed by atoms with van der Waals surface area (Å²) in [5.41, 5.74) is 0.512. The van der Waals surface area contributed by atoms with Crippen molar-refractivity contribution in [2.75, 3.05) is 4.90 Å². The fraction of sp³-hybridized carbons (Fsp3) is 0.304. The number of amides is 1. The summed E-state index contributed by atoms with van der Waals surface area (Å²) in [4.78, 5) is 13.8. The third-order valence-corrected chi connectivity index (χ3v) is 7.67. The predicted octanol–water partition coefficient (Wildman–Crippen LogP) is 4.70. The van der Waals surface area contributed by atoms with Gasteiger partial charge in [0, 0.05) is 12.1 Å². The highest BCUT2D eigenvalue weighted by molar-refractivity contribution is 7.89. The molecule has 4 rings (SSSR count). The van der Waals surface area contributed by atoms with Gasteiger partial charge in [0.1, 0.15) is 17.2 Å². The molecule has 0 aliphatic heterocycles. The first-order chi connectivity index (χ1) is 15.8. The van der Waals surface area contributed by atoms with Gasteiger partial charge in [-0.3, -0.25) is 4.79 Å². The molecule has 2 unspecified atom stereocenters. The number of carbonyl (C=O) groups excluding carboxylic acids is 1. The normalized spacial score (nSPS) is 18.8. The minimum atomic E-state index is -3.69. The summed E-state index contributed by atoms with van der Waals surface area (Å²) in [6.45, 7) is 1.63. The lowest BCUT2D eigenvalue weighted by molar-refractivity contribution is -0.108. The zero-order valence-electron chi connectivity index (χ0n) is 17.9. The van der Waals surface area contributed by atoms with Crippen molar-refractivity contribution < 1.29 is 22.1 Å². The van der Waals surface area contributed by atoms with Crippen LogP contribution in [0.1, 0.15) is 31.4 Å². The van der Waals surface area contributed by atoms with Crippen molar-refractivity contribution in [3.05, 3.63) is 65.1 Å². The lowest BCUT2D eigenvalue weighted by Gasteiger charge is -2.35. The minimum absolute atomic E-state index is 0.0509. The van der Waals surface area contributed by atoms with Crippen molar-refractivity contribution in [1.29, 1.82) is 0 Å². The Morgan fingerprint density at radius 2 is 1.94 bits per heavy atom. The van der Waals surface area contributed by atoms with Gasteiger partial charge in [-0.2, -0.15) is 0 Å². The monoisotopic (exact) mass is 491 g/mol. The van der Waals surface area contributed by atoms with E-state index in [4.69, 9.17) is 16.1 Å². The van der Waals surface area contributed by atoms with E-state index in [1.165, 1.54) is 35.2 Å². The van der Waals surface area contributed by atoms with Gasteiger partial charge in [0.15, 0.2) is 5.76 Å². The molecule has 10 heteroatoms. The van der Waals surface area contributed by atoms with E-state index >= 15 is 0 Å². The van der Waals surface area contributed by atoms with Crippen LogP contribution in [0, 0.1) is 12.7 Å². The van der Waals surface area contributed by atoms with Crippen LogP contribution in [0.15, 0.2) is 57.9 Å². The smallest absolute Gasteiger partial charge is 0.240 e. The molecule has 1 aliphatic carbocycles. The summed E-state index contributed by atoms with van der Waals surface area (Å²) >= 11 is 6.23. The minimum Gasteiger partial charge on any atom is -0.359 e. The number of rotatable bonds is 7. The summed E-state index contributed by atoms with van der Waals surface area (Å²) in [6, 6.07) is 11.7. The van der Waals surface area contributed by atoms with Gasteiger partial charge in [-0.05, 0) is 56.9 Å². The molecule has 1 amide bonds. The number of sulfonamides is 1. The van der Waals surface area contributed by atoms with Gasteiger partial charge in [-0.25, -0.2) is 17.5 Å². The summed E-state index contributed by atoms with van der Waals surface area (Å²) in [5, 5.41) is 4.12. The standard InChI is InChI=1S/C23H23ClFN3O4S/c1-15-23(22(26-32-15)21-19(24)11-6-12-20(21)25)28(14-29)17-8-5-7-16(13-17)27-33(30,31)18-9-3-2-4-10-18/h2-4,6,9-12,14,16-17,27H,5,7-8,13H2,1H3. The van der Waals surface area contributed by atoms with Crippen LogP contribution in [0.4, 0.5) is 10.1 Å². The zero-order chi connectivity index (χ0) is 23.6. The summed E-state index contributed by atoms with van der Waals surface area (Å²) in [5.74, 6) is -0.247. The second-order valence-electron chi connectivity index (χ2n) is 8.00. The molecule has 1 aromatic heterocycles. The quantitative estimate of drug-likeness (QED) is 0.484. The Morgan fingerprint density at radius 3 is 2.64 bits per heavy atom. The molecule has 2 aromatic carbocycles. The topological polar surface area (TPSA) is 92.5 Å². The van der Waals surface area contributed by atoms with E-state index in [0.29, 0.717) is 43.5 Å². The lowest BCUT2D eigenvalue weighted by atomic mass is 9.90. The van der Waals surface area contributed by atoms with Crippen LogP contribution in [-0.4, -0.2) is 32.1 Å². The van der Waals surface area contributed by atoms with Crippen LogP contribution < -0.4 is 9.62 Å². The van der Waals surface area contributed by atoms with E-state index in [2.05, 4.69) is 9.88 Å². The van der Waals surface area contributed by atoms with Gasteiger partial charge < -0.3 is 9.42 Å². The molecule has 0 saturated heterocycles. The van der Waals surface area contributed by atoms with Crippen LogP contribution in [0.5, 0.6) is 0 Å². The lowest BCUT2D eigenvalue weighted by Crippen LogP contribution is -2.46. The second-order valence-corrected chi connectivity index (χ2v) is 10.1. The SMILES string of the molecule is Cc1onc(-c2c(F)cccc2Cl)c1N(C=O)C1CCCC(NS(=O)(=O)c2ccccc2)C1. The van der Waals surface area contributed by atoms with Crippen LogP contribution in [0.25, 0.3) is 11.3 Å². The number of nitrogens with one attached hydrogen (secondary N) is 1. The van der Waals surface area contributed by atoms with E-state index < -0.39 is 15.8 Å². The number of aromatic nitrogens is 1. The van der Waals surface area contributed by atoms with Crippen LogP contribution in [-0.2, 0) is 14.8 Å². The summed E-state index contributed by atoms with van der Waals surface area (Å²) in [7, 11) is -3.69. The Labute approximate surface area is 196 Å². The van der Waals surface area contributed by atoms with Gasteiger partial charge in [-0.15, -0.1) is 0 Å². The number of hydrogen-bond acceptors (Lipinski definition) is 5. The molecule has 1 heterocycles. The number of hydrogen-bond donors (Lipinski definition) is 1. The average molecular weight is 492 g/mol. The Bertz CT molecular complexity index is 1230. The Hall–Kier alpha value is -2.75. The van der Waals surface area contributed by atoms with Gasteiger partial charge in [-0.1, -0.05) is 41.0 Å². The van der Waals surface area contributed by atoms with Crippen molar-refractivity contribution in [3.8, 4) is 11.3 Å². The first-order valence-electron chi connectivity index (χ1n) is 10.5. The van der Waals surface area contributed by atoms with Gasteiger partial charge in [0.2, 0.25) is 16.4 Å². The highest BCUT2D eigenvalue weighted by Crippen LogP contribution is 2.40. The van der Waals surface area contributed by atoms with Gasteiger partial charge in [0.05, 0.1) is 15.5 Å². The molecule has 1 aliphatic rings. The van der Waals surface area contributed by atoms with Crippen LogP contribution in [0.2, 0.25) is 5.02 Å². The Balaban J connectivity index is 1.62. The first kappa shape index (κ1) is 23.4. The Kier molecular flexibility index (Phi) is 6.83. The Morgan fingerprint density at radius 1 is 1.18 bits per heavy atom. The number of halogens is 2. The largest absolute Gasteiger partial charge is 0.359 e. The number of aryl methyl sites for hydroxylation is 1. The molecule has 0 radical (unpaired) electrons. The third-order valence-electron chi connectivity index (χ3n) is 5.82. The maximum atomic E-state index is 14.6. The second kappa shape index (κ2) is 9.62. The first-order valence-corrected chi connectivity index (χ1v) is 12.4. The van der Waals surface area contributed by atoms with E-state index in [1.54, 1.807) is 25.1 Å². The van der Waals surface area contributed by atoms with E-state index in [-0.39, 0.29) is 33.3 Å². The molecule has 174 valence electrons. The molecule has 2 atom stereocenters. The number of anilines is 1. The summed E-state index contributed by atoms with van der Waals surface area (Å²) in [6.07, 6.45) is 3.04. The van der Waals surface area contributed by atoms with Crippen molar-refractivity contribution >= 4 is 33.7 Å². The van der Waals surface area contributed by atoms with Crippen LogP contribution >= 0.6 is 11.6 Å². The van der Waals surface area contributed by atoms with Gasteiger partial charge in [0.25, 0.3) is 0 Å². The molecule has 1 saturated carbocycles. The van der Waals surface area contributed by atoms with Crippen molar-refractivity contribution in [3.63, 3.8) is 0 Å². The third kappa shape index (κ3) is 4.80. The predicted molar refractivity (Wildman–Crippen MR) is 123 cm³/mol. The van der Waals surface area contributed by atoms with Crippen molar-refractivity contribution in [2.45, 2.75) is 49.6 Å². The molecule has 7 nitrogen and oxygen atoms in total. The van der Waals surface area contributed by atoms with Crippen LogP contribution in [0.3, 0.4) is 0 Å². The number of benzene rings is 2. The molecular formula is C23H23ClFN3O4S. The molecule has 0 spiro atoms. The molecule has 33 heavy (non-hydrogen) atoms. The highest BCUT2D eigenvalue weighted by Gasteiger charge is 2.34. The molecule has 1 N–H and O–H groups in total.